The zero-order chi connectivity index (χ0) is 21.3. The first kappa shape index (κ1) is 20.4. The number of aryl methyl sites for hydroxylation is 1. The third-order valence-electron chi connectivity index (χ3n) is 6.36. The minimum Gasteiger partial charge on any atom is -0.497 e. The van der Waals surface area contributed by atoms with Gasteiger partial charge in [-0.3, -0.25) is 14.5 Å². The Kier molecular flexibility index (Phi) is 5.52. The average molecular weight is 408 g/mol. The normalized spacial score (nSPS) is 23.6. The molecule has 6 heteroatoms. The lowest BCUT2D eigenvalue weighted by Crippen LogP contribution is -2.57. The number of hydrogen-bond donors (Lipinski definition) is 1. The Labute approximate surface area is 177 Å². The van der Waals surface area contributed by atoms with Gasteiger partial charge in [-0.25, -0.2) is 0 Å². The molecule has 0 bridgehead atoms. The lowest BCUT2D eigenvalue weighted by molar-refractivity contribution is -0.134. The molecule has 158 valence electrons. The molecular weight excluding hydrogens is 378 g/mol. The van der Waals surface area contributed by atoms with Crippen molar-refractivity contribution < 1.29 is 14.3 Å². The highest BCUT2D eigenvalue weighted by atomic mass is 16.5. The number of ether oxygens (including phenoxy) is 1. The van der Waals surface area contributed by atoms with E-state index in [9.17, 15) is 9.59 Å². The Bertz CT molecular complexity index is 958. The molecule has 2 aromatic rings. The number of hydrogen-bond acceptors (Lipinski definition) is 4. The standard InChI is InChI=1S/C24H29N3O3/c1-26(2)23(29)21-15-27(14-17-7-6-9-19(13-17)30-3)16-24(21)12-11-18-8-4-5-10-20(18)22(28)25-24/h4-10,13,21H,11-12,14-16H2,1-3H3,(H,25,28)/t21-,24+/m1/s1. The molecule has 2 aliphatic rings. The van der Waals surface area contributed by atoms with Crippen LogP contribution in [0.1, 0.15) is 27.9 Å². The van der Waals surface area contributed by atoms with Crippen LogP contribution in [-0.4, -0.2) is 61.4 Å². The maximum Gasteiger partial charge on any atom is 0.252 e. The van der Waals surface area contributed by atoms with Crippen LogP contribution in [-0.2, 0) is 17.8 Å². The van der Waals surface area contributed by atoms with Crippen LogP contribution in [0.2, 0.25) is 0 Å². The highest BCUT2D eigenvalue weighted by Gasteiger charge is 2.52. The van der Waals surface area contributed by atoms with Crippen LogP contribution in [0.25, 0.3) is 0 Å². The number of nitrogens with zero attached hydrogens (tertiary/aromatic N) is 2. The molecule has 2 amide bonds. The first-order chi connectivity index (χ1) is 14.4. The van der Waals surface area contributed by atoms with Crippen LogP contribution >= 0.6 is 0 Å². The minimum absolute atomic E-state index is 0.0643. The van der Waals surface area contributed by atoms with Crippen molar-refractivity contribution in [2.45, 2.75) is 24.9 Å². The molecule has 30 heavy (non-hydrogen) atoms. The first-order valence-corrected chi connectivity index (χ1v) is 10.4. The van der Waals surface area contributed by atoms with Gasteiger partial charge in [-0.15, -0.1) is 0 Å². The molecule has 0 saturated carbocycles. The van der Waals surface area contributed by atoms with Gasteiger partial charge in [-0.05, 0) is 42.2 Å². The van der Waals surface area contributed by atoms with Gasteiger partial charge in [0.15, 0.2) is 0 Å². The molecule has 1 fully saturated rings. The van der Waals surface area contributed by atoms with E-state index in [1.165, 1.54) is 0 Å². The second kappa shape index (κ2) is 8.11. The summed E-state index contributed by atoms with van der Waals surface area (Å²) in [5.74, 6) is 0.522. The molecule has 6 nitrogen and oxygen atoms in total. The van der Waals surface area contributed by atoms with Crippen molar-refractivity contribution in [3.8, 4) is 5.75 Å². The molecule has 4 rings (SSSR count). The maximum atomic E-state index is 13.1. The minimum atomic E-state index is -0.573. The molecule has 2 aromatic carbocycles. The van der Waals surface area contributed by atoms with Gasteiger partial charge in [0.05, 0.1) is 18.6 Å². The predicted octanol–water partition coefficient (Wildman–Crippen LogP) is 2.33. The summed E-state index contributed by atoms with van der Waals surface area (Å²) in [5, 5.41) is 3.28. The van der Waals surface area contributed by atoms with E-state index in [0.29, 0.717) is 19.6 Å². The number of carbonyl (C=O) groups is 2. The SMILES string of the molecule is COc1cccc(CN2C[C@H](C(=O)N(C)C)[C@]3(CCc4ccccc4C(=O)N3)C2)c1. The Hall–Kier alpha value is -2.86. The lowest BCUT2D eigenvalue weighted by atomic mass is 9.81. The Morgan fingerprint density at radius 2 is 2.03 bits per heavy atom. The number of amides is 2. The monoisotopic (exact) mass is 407 g/mol. The Morgan fingerprint density at radius 3 is 2.80 bits per heavy atom. The number of rotatable bonds is 4. The highest BCUT2D eigenvalue weighted by Crippen LogP contribution is 2.36. The van der Waals surface area contributed by atoms with Gasteiger partial charge in [-0.2, -0.15) is 0 Å². The number of nitrogens with one attached hydrogen (secondary N) is 1. The quantitative estimate of drug-likeness (QED) is 0.845. The summed E-state index contributed by atoms with van der Waals surface area (Å²) in [6.07, 6.45) is 1.52. The van der Waals surface area contributed by atoms with E-state index in [1.54, 1.807) is 26.1 Å². The predicted molar refractivity (Wildman–Crippen MR) is 115 cm³/mol. The van der Waals surface area contributed by atoms with Gasteiger partial charge in [0.25, 0.3) is 5.91 Å². The number of methoxy groups -OCH3 is 1. The second-order valence-electron chi connectivity index (χ2n) is 8.57. The van der Waals surface area contributed by atoms with E-state index >= 15 is 0 Å². The van der Waals surface area contributed by atoms with Crippen molar-refractivity contribution in [3.63, 3.8) is 0 Å². The third-order valence-corrected chi connectivity index (χ3v) is 6.36. The lowest BCUT2D eigenvalue weighted by Gasteiger charge is -2.35. The van der Waals surface area contributed by atoms with Crippen LogP contribution < -0.4 is 10.1 Å². The fourth-order valence-corrected chi connectivity index (χ4v) is 4.84. The van der Waals surface area contributed by atoms with E-state index in [2.05, 4.69) is 16.3 Å². The molecule has 0 aliphatic carbocycles. The van der Waals surface area contributed by atoms with Crippen molar-refractivity contribution in [3.05, 3.63) is 65.2 Å². The molecule has 2 heterocycles. The van der Waals surface area contributed by atoms with Crippen molar-refractivity contribution in [2.75, 3.05) is 34.3 Å². The van der Waals surface area contributed by atoms with Crippen molar-refractivity contribution in [1.82, 2.24) is 15.1 Å². The molecule has 2 atom stereocenters. The topological polar surface area (TPSA) is 61.9 Å². The van der Waals surface area contributed by atoms with Gasteiger partial charge in [0, 0.05) is 39.3 Å². The first-order valence-electron chi connectivity index (χ1n) is 10.4. The van der Waals surface area contributed by atoms with Crippen LogP contribution in [0, 0.1) is 5.92 Å². The van der Waals surface area contributed by atoms with E-state index in [-0.39, 0.29) is 17.7 Å². The van der Waals surface area contributed by atoms with Crippen molar-refractivity contribution >= 4 is 11.8 Å². The number of likely N-dealkylation sites (tertiary alicyclic amines) is 1. The largest absolute Gasteiger partial charge is 0.497 e. The van der Waals surface area contributed by atoms with Crippen molar-refractivity contribution in [1.29, 1.82) is 0 Å². The fourth-order valence-electron chi connectivity index (χ4n) is 4.84. The molecule has 2 aliphatic heterocycles. The summed E-state index contributed by atoms with van der Waals surface area (Å²) in [5.41, 5.74) is 2.33. The van der Waals surface area contributed by atoms with Crippen LogP contribution in [0.3, 0.4) is 0 Å². The summed E-state index contributed by atoms with van der Waals surface area (Å²) in [7, 11) is 5.23. The van der Waals surface area contributed by atoms with Gasteiger partial charge in [0.2, 0.25) is 5.91 Å². The van der Waals surface area contributed by atoms with E-state index in [1.807, 2.05) is 42.5 Å². The Balaban J connectivity index is 1.63. The molecule has 1 spiro atoms. The second-order valence-corrected chi connectivity index (χ2v) is 8.57. The number of benzene rings is 2. The summed E-state index contributed by atoms with van der Waals surface area (Å²) in [6, 6.07) is 15.7. The summed E-state index contributed by atoms with van der Waals surface area (Å²) in [6.45, 7) is 1.97. The van der Waals surface area contributed by atoms with E-state index in [4.69, 9.17) is 4.74 Å². The van der Waals surface area contributed by atoms with Crippen LogP contribution in [0.4, 0.5) is 0 Å². The molecule has 0 radical (unpaired) electrons. The molecule has 1 saturated heterocycles. The van der Waals surface area contributed by atoms with Gasteiger partial charge in [0.1, 0.15) is 5.75 Å². The molecule has 0 unspecified atom stereocenters. The zero-order valence-corrected chi connectivity index (χ0v) is 17.9. The highest BCUT2D eigenvalue weighted by molar-refractivity contribution is 5.97. The van der Waals surface area contributed by atoms with E-state index < -0.39 is 5.54 Å². The molecular formula is C24H29N3O3. The van der Waals surface area contributed by atoms with Crippen LogP contribution in [0.5, 0.6) is 5.75 Å². The molecule has 0 aromatic heterocycles. The smallest absolute Gasteiger partial charge is 0.252 e. The number of fused-ring (bicyclic) bond motifs is 1. The van der Waals surface area contributed by atoms with E-state index in [0.717, 1.165) is 35.3 Å². The maximum absolute atomic E-state index is 13.1. The van der Waals surface area contributed by atoms with Gasteiger partial charge >= 0.3 is 0 Å². The third kappa shape index (κ3) is 3.79. The average Bonchev–Trinajstić information content (AvgIpc) is 3.01. The fraction of sp³-hybridized carbons (Fsp3) is 0.417. The Morgan fingerprint density at radius 1 is 1.23 bits per heavy atom. The van der Waals surface area contributed by atoms with Gasteiger partial charge < -0.3 is 15.0 Å². The summed E-state index contributed by atoms with van der Waals surface area (Å²) in [4.78, 5) is 30.1. The van der Waals surface area contributed by atoms with Crippen molar-refractivity contribution in [2.24, 2.45) is 5.92 Å². The molecule has 1 N–H and O–H groups in total. The zero-order valence-electron chi connectivity index (χ0n) is 17.9. The number of carbonyl (C=O) groups excluding carboxylic acids is 2. The summed E-state index contributed by atoms with van der Waals surface area (Å²) >= 11 is 0. The summed E-state index contributed by atoms with van der Waals surface area (Å²) < 4.78 is 5.35. The van der Waals surface area contributed by atoms with Gasteiger partial charge in [-0.1, -0.05) is 30.3 Å². The van der Waals surface area contributed by atoms with Crippen LogP contribution in [0.15, 0.2) is 48.5 Å².